The molecule has 0 aliphatic carbocycles. The molecule has 1 aromatic rings. The van der Waals surface area contributed by atoms with E-state index < -0.39 is 11.1 Å². The molecule has 5 nitrogen and oxygen atoms in total. The van der Waals surface area contributed by atoms with Gasteiger partial charge in [0.15, 0.2) is 0 Å². The first-order valence-corrected chi connectivity index (χ1v) is 7.31. The van der Waals surface area contributed by atoms with Crippen LogP contribution in [0, 0.1) is 0 Å². The van der Waals surface area contributed by atoms with Crippen LogP contribution < -0.4 is 10.6 Å². The van der Waals surface area contributed by atoms with Crippen LogP contribution in [0.2, 0.25) is 0 Å². The van der Waals surface area contributed by atoms with E-state index in [1.54, 1.807) is 20.2 Å². The molecule has 0 radical (unpaired) electrons. The molecule has 0 fully saturated rings. The second-order valence-corrected chi connectivity index (χ2v) is 6.14. The SMILES string of the molecule is CCCNc1ncnc(NC(C)(C)C(C)(C)O)c1CC. The average Bonchev–Trinajstić information content (AvgIpc) is 2.34. The van der Waals surface area contributed by atoms with Gasteiger partial charge in [-0.3, -0.25) is 0 Å². The Morgan fingerprint density at radius 3 is 2.20 bits per heavy atom. The lowest BCUT2D eigenvalue weighted by atomic mass is 9.86. The van der Waals surface area contributed by atoms with Crippen molar-refractivity contribution in [2.45, 2.75) is 65.5 Å². The Morgan fingerprint density at radius 1 is 1.10 bits per heavy atom. The number of aliphatic hydroxyl groups is 1. The summed E-state index contributed by atoms with van der Waals surface area (Å²) in [7, 11) is 0. The summed E-state index contributed by atoms with van der Waals surface area (Å²) in [6, 6.07) is 0. The second kappa shape index (κ2) is 6.39. The van der Waals surface area contributed by atoms with Gasteiger partial charge >= 0.3 is 0 Å². The van der Waals surface area contributed by atoms with Crippen LogP contribution in [-0.2, 0) is 6.42 Å². The van der Waals surface area contributed by atoms with E-state index >= 15 is 0 Å². The summed E-state index contributed by atoms with van der Waals surface area (Å²) >= 11 is 0. The van der Waals surface area contributed by atoms with Crippen molar-refractivity contribution < 1.29 is 5.11 Å². The van der Waals surface area contributed by atoms with Crippen molar-refractivity contribution in [3.05, 3.63) is 11.9 Å². The molecule has 0 saturated heterocycles. The molecule has 1 heterocycles. The van der Waals surface area contributed by atoms with Gasteiger partial charge in [-0.05, 0) is 40.5 Å². The largest absolute Gasteiger partial charge is 0.388 e. The zero-order chi connectivity index (χ0) is 15.4. The molecule has 0 bridgehead atoms. The first-order valence-electron chi connectivity index (χ1n) is 7.31. The second-order valence-electron chi connectivity index (χ2n) is 6.14. The van der Waals surface area contributed by atoms with Crippen molar-refractivity contribution in [3.63, 3.8) is 0 Å². The maximum Gasteiger partial charge on any atom is 0.135 e. The van der Waals surface area contributed by atoms with Crippen molar-refractivity contribution >= 4 is 11.6 Å². The van der Waals surface area contributed by atoms with Crippen molar-refractivity contribution in [1.29, 1.82) is 0 Å². The first kappa shape index (κ1) is 16.7. The van der Waals surface area contributed by atoms with Crippen LogP contribution >= 0.6 is 0 Å². The number of aromatic nitrogens is 2. The third kappa shape index (κ3) is 3.82. The summed E-state index contributed by atoms with van der Waals surface area (Å²) in [5, 5.41) is 16.9. The zero-order valence-corrected chi connectivity index (χ0v) is 13.5. The predicted octanol–water partition coefficient (Wildman–Crippen LogP) is 2.82. The Labute approximate surface area is 122 Å². The Bertz CT molecular complexity index is 438. The molecular formula is C15H28N4O. The normalized spacial score (nSPS) is 12.3. The van der Waals surface area contributed by atoms with Crippen LogP contribution in [-0.4, -0.2) is 32.8 Å². The van der Waals surface area contributed by atoms with Crippen molar-refractivity contribution in [3.8, 4) is 0 Å². The fourth-order valence-corrected chi connectivity index (χ4v) is 1.70. The number of anilines is 2. The summed E-state index contributed by atoms with van der Waals surface area (Å²) in [5.41, 5.74) is -0.300. The number of nitrogens with zero attached hydrogens (tertiary/aromatic N) is 2. The third-order valence-corrected chi connectivity index (χ3v) is 3.80. The van der Waals surface area contributed by atoms with Crippen LogP contribution in [0.4, 0.5) is 11.6 Å². The van der Waals surface area contributed by atoms with E-state index in [2.05, 4.69) is 34.4 Å². The van der Waals surface area contributed by atoms with Gasteiger partial charge in [0.05, 0.1) is 11.1 Å². The highest BCUT2D eigenvalue weighted by atomic mass is 16.3. The lowest BCUT2D eigenvalue weighted by Gasteiger charge is -2.39. The highest BCUT2D eigenvalue weighted by molar-refractivity contribution is 5.58. The van der Waals surface area contributed by atoms with E-state index in [4.69, 9.17) is 0 Å². The monoisotopic (exact) mass is 280 g/mol. The smallest absolute Gasteiger partial charge is 0.135 e. The van der Waals surface area contributed by atoms with Crippen molar-refractivity contribution in [2.24, 2.45) is 0 Å². The highest BCUT2D eigenvalue weighted by Gasteiger charge is 2.35. The van der Waals surface area contributed by atoms with E-state index in [1.807, 2.05) is 13.8 Å². The molecule has 114 valence electrons. The van der Waals surface area contributed by atoms with E-state index in [1.165, 1.54) is 0 Å². The minimum atomic E-state index is -0.861. The van der Waals surface area contributed by atoms with Gasteiger partial charge in [0.25, 0.3) is 0 Å². The molecule has 1 rings (SSSR count). The first-order chi connectivity index (χ1) is 9.23. The van der Waals surface area contributed by atoms with Gasteiger partial charge in [0.2, 0.25) is 0 Å². The Balaban J connectivity index is 3.06. The number of hydrogen-bond donors (Lipinski definition) is 3. The standard InChI is InChI=1S/C15H28N4O/c1-7-9-16-12-11(8-2)13(18-10-17-12)19-14(3,4)15(5,6)20/h10,20H,7-9H2,1-6H3,(H2,16,17,18,19). The third-order valence-electron chi connectivity index (χ3n) is 3.80. The number of nitrogens with one attached hydrogen (secondary N) is 2. The Hall–Kier alpha value is -1.36. The molecule has 1 aromatic heterocycles. The summed E-state index contributed by atoms with van der Waals surface area (Å²) in [5.74, 6) is 1.66. The molecule has 0 aliphatic rings. The molecule has 0 amide bonds. The zero-order valence-electron chi connectivity index (χ0n) is 13.5. The van der Waals surface area contributed by atoms with Crippen LogP contribution in [0.1, 0.15) is 53.5 Å². The summed E-state index contributed by atoms with van der Waals surface area (Å²) in [6.07, 6.45) is 3.43. The Morgan fingerprint density at radius 2 is 1.70 bits per heavy atom. The molecule has 0 saturated carbocycles. The molecule has 0 aliphatic heterocycles. The summed E-state index contributed by atoms with van der Waals surface area (Å²) in [4.78, 5) is 8.66. The lowest BCUT2D eigenvalue weighted by Crippen LogP contribution is -2.51. The fraction of sp³-hybridized carbons (Fsp3) is 0.733. The molecule has 3 N–H and O–H groups in total. The molecule has 0 spiro atoms. The van der Waals surface area contributed by atoms with E-state index in [0.29, 0.717) is 0 Å². The van der Waals surface area contributed by atoms with Gasteiger partial charge in [-0.2, -0.15) is 0 Å². The quantitative estimate of drug-likeness (QED) is 0.716. The maximum absolute atomic E-state index is 10.3. The molecular weight excluding hydrogens is 252 g/mol. The van der Waals surface area contributed by atoms with Gasteiger partial charge < -0.3 is 15.7 Å². The number of hydrogen-bond acceptors (Lipinski definition) is 5. The van der Waals surface area contributed by atoms with Gasteiger partial charge in [0, 0.05) is 12.1 Å². The van der Waals surface area contributed by atoms with E-state index in [-0.39, 0.29) is 0 Å². The van der Waals surface area contributed by atoms with Crippen LogP contribution in [0.25, 0.3) is 0 Å². The number of rotatable bonds is 7. The van der Waals surface area contributed by atoms with Gasteiger partial charge in [-0.1, -0.05) is 13.8 Å². The lowest BCUT2D eigenvalue weighted by molar-refractivity contribution is 0.0238. The van der Waals surface area contributed by atoms with Gasteiger partial charge in [-0.15, -0.1) is 0 Å². The van der Waals surface area contributed by atoms with Crippen molar-refractivity contribution in [2.75, 3.05) is 17.2 Å². The molecule has 5 heteroatoms. The van der Waals surface area contributed by atoms with Gasteiger partial charge in [0.1, 0.15) is 18.0 Å². The minimum absolute atomic E-state index is 0.493. The van der Waals surface area contributed by atoms with Crippen molar-refractivity contribution in [1.82, 2.24) is 9.97 Å². The molecule has 0 aromatic carbocycles. The minimum Gasteiger partial charge on any atom is -0.388 e. The van der Waals surface area contributed by atoms with Gasteiger partial charge in [-0.25, -0.2) is 9.97 Å². The molecule has 0 unspecified atom stereocenters. The highest BCUT2D eigenvalue weighted by Crippen LogP contribution is 2.28. The van der Waals surface area contributed by atoms with E-state index in [9.17, 15) is 5.11 Å². The molecule has 0 atom stereocenters. The van der Waals surface area contributed by atoms with Crippen LogP contribution in [0.5, 0.6) is 0 Å². The Kier molecular flexibility index (Phi) is 5.34. The summed E-state index contributed by atoms with van der Waals surface area (Å²) in [6.45, 7) is 12.6. The molecule has 20 heavy (non-hydrogen) atoms. The predicted molar refractivity (Wildman–Crippen MR) is 84.2 cm³/mol. The maximum atomic E-state index is 10.3. The van der Waals surface area contributed by atoms with E-state index in [0.717, 1.165) is 36.6 Å². The van der Waals surface area contributed by atoms with Crippen LogP contribution in [0.3, 0.4) is 0 Å². The fourth-order valence-electron chi connectivity index (χ4n) is 1.70. The summed E-state index contributed by atoms with van der Waals surface area (Å²) < 4.78 is 0. The topological polar surface area (TPSA) is 70.1 Å². The average molecular weight is 280 g/mol. The van der Waals surface area contributed by atoms with Crippen LogP contribution in [0.15, 0.2) is 6.33 Å².